The van der Waals surface area contributed by atoms with E-state index in [0.29, 0.717) is 0 Å². The van der Waals surface area contributed by atoms with Crippen LogP contribution in [0, 0.1) is 0 Å². The highest BCUT2D eigenvalue weighted by atomic mass is 16.4. The first-order valence-corrected chi connectivity index (χ1v) is 8.92. The Hall–Kier alpha value is -3.30. The second-order valence-electron chi connectivity index (χ2n) is 6.51. The van der Waals surface area contributed by atoms with Crippen LogP contribution in [0.3, 0.4) is 0 Å². The highest BCUT2D eigenvalue weighted by Gasteiger charge is 2.33. The Morgan fingerprint density at radius 3 is 1.81 bits per heavy atom. The zero-order valence-corrected chi connectivity index (χ0v) is 16.5. The van der Waals surface area contributed by atoms with Crippen molar-refractivity contribution in [3.63, 3.8) is 0 Å². The van der Waals surface area contributed by atoms with Gasteiger partial charge in [0.1, 0.15) is 24.2 Å². The molecule has 15 nitrogen and oxygen atoms in total. The summed E-state index contributed by atoms with van der Waals surface area (Å²) in [6.07, 6.45) is -3.58. The molecule has 0 aliphatic heterocycles. The van der Waals surface area contributed by atoms with E-state index in [9.17, 15) is 33.9 Å². The van der Waals surface area contributed by atoms with Gasteiger partial charge < -0.3 is 47.2 Å². The number of nitrogens with one attached hydrogen (secondary N) is 3. The molecule has 5 atom stereocenters. The van der Waals surface area contributed by atoms with Crippen molar-refractivity contribution >= 4 is 35.6 Å². The molecule has 0 aliphatic rings. The minimum Gasteiger partial charge on any atom is -0.481 e. The highest BCUT2D eigenvalue weighted by molar-refractivity contribution is 5.95. The number of carboxylic acid groups (broad SMARTS) is 3. The van der Waals surface area contributed by atoms with Gasteiger partial charge in [-0.1, -0.05) is 0 Å². The number of aliphatic hydroxyl groups excluding tert-OH is 2. The molecule has 0 heterocycles. The predicted octanol–water partition coefficient (Wildman–Crippen LogP) is -4.43. The standard InChI is InChI=1S/C16H26N4O11/c1-6(22)12(15(29)18-8(16(30)31)2-3-10(23)24)20-14(28)9(4-11(25)26)19-13(27)7(17)5-21/h6-9,12,21-22H,2-5,17H2,1H3,(H,18,29)(H,19,27)(H,20,28)(H,23,24)(H,25,26)(H,30,31). The SMILES string of the molecule is CC(O)C(NC(=O)C(CC(=O)O)NC(=O)C(N)CO)C(=O)NC(CCC(=O)O)C(=O)O. The number of hydrogen-bond donors (Lipinski definition) is 9. The van der Waals surface area contributed by atoms with Crippen molar-refractivity contribution in [2.45, 2.75) is 56.5 Å². The van der Waals surface area contributed by atoms with Gasteiger partial charge in [0, 0.05) is 6.42 Å². The molecule has 0 aromatic heterocycles. The van der Waals surface area contributed by atoms with Crippen LogP contribution in [0.5, 0.6) is 0 Å². The molecule has 0 aromatic carbocycles. The molecule has 0 fully saturated rings. The maximum absolute atomic E-state index is 12.4. The maximum Gasteiger partial charge on any atom is 0.326 e. The Morgan fingerprint density at radius 1 is 0.839 bits per heavy atom. The number of carbonyl (C=O) groups excluding carboxylic acids is 3. The number of aliphatic hydroxyl groups is 2. The lowest BCUT2D eigenvalue weighted by molar-refractivity contribution is -0.145. The van der Waals surface area contributed by atoms with E-state index < -0.39 is 91.8 Å². The second-order valence-corrected chi connectivity index (χ2v) is 6.51. The van der Waals surface area contributed by atoms with Crippen molar-refractivity contribution in [3.8, 4) is 0 Å². The first-order chi connectivity index (χ1) is 14.3. The van der Waals surface area contributed by atoms with Gasteiger partial charge in [-0.3, -0.25) is 24.0 Å². The van der Waals surface area contributed by atoms with Gasteiger partial charge in [-0.2, -0.15) is 0 Å². The third kappa shape index (κ3) is 10.3. The molecule has 31 heavy (non-hydrogen) atoms. The Labute approximate surface area is 175 Å². The molecule has 0 saturated carbocycles. The van der Waals surface area contributed by atoms with Crippen LogP contribution in [0.25, 0.3) is 0 Å². The Kier molecular flexibility index (Phi) is 11.7. The van der Waals surface area contributed by atoms with Crippen LogP contribution in [0.2, 0.25) is 0 Å². The number of nitrogens with two attached hydrogens (primary N) is 1. The molecule has 0 spiro atoms. The second kappa shape index (κ2) is 13.1. The third-order valence-corrected chi connectivity index (χ3v) is 3.87. The topological polar surface area (TPSA) is 266 Å². The lowest BCUT2D eigenvalue weighted by Crippen LogP contribution is -2.60. The summed E-state index contributed by atoms with van der Waals surface area (Å²) in [6, 6.07) is -6.60. The van der Waals surface area contributed by atoms with Crippen LogP contribution in [-0.4, -0.2) is 98.0 Å². The van der Waals surface area contributed by atoms with Crippen LogP contribution in [0.1, 0.15) is 26.2 Å². The fraction of sp³-hybridized carbons (Fsp3) is 0.625. The molecule has 10 N–H and O–H groups in total. The molecule has 0 rings (SSSR count). The molecular formula is C16H26N4O11. The van der Waals surface area contributed by atoms with Gasteiger partial charge in [-0.25, -0.2) is 4.79 Å². The Morgan fingerprint density at radius 2 is 1.39 bits per heavy atom. The van der Waals surface area contributed by atoms with E-state index in [1.54, 1.807) is 0 Å². The van der Waals surface area contributed by atoms with Crippen LogP contribution < -0.4 is 21.7 Å². The van der Waals surface area contributed by atoms with E-state index in [4.69, 9.17) is 26.2 Å². The average Bonchev–Trinajstić information content (AvgIpc) is 2.66. The quantitative estimate of drug-likeness (QED) is 0.121. The van der Waals surface area contributed by atoms with Crippen molar-refractivity contribution in [1.82, 2.24) is 16.0 Å². The maximum atomic E-state index is 12.4. The van der Waals surface area contributed by atoms with Crippen LogP contribution in [-0.2, 0) is 28.8 Å². The Balaban J connectivity index is 5.40. The fourth-order valence-electron chi connectivity index (χ4n) is 2.19. The van der Waals surface area contributed by atoms with Gasteiger partial charge in [0.05, 0.1) is 19.1 Å². The van der Waals surface area contributed by atoms with E-state index in [1.165, 1.54) is 0 Å². The monoisotopic (exact) mass is 450 g/mol. The normalized spacial score (nSPS) is 15.5. The highest BCUT2D eigenvalue weighted by Crippen LogP contribution is 2.03. The molecule has 0 bridgehead atoms. The summed E-state index contributed by atoms with van der Waals surface area (Å²) in [6.45, 7) is 0.281. The van der Waals surface area contributed by atoms with E-state index in [2.05, 4.69) is 0 Å². The van der Waals surface area contributed by atoms with Crippen LogP contribution >= 0.6 is 0 Å². The number of rotatable bonds is 14. The molecular weight excluding hydrogens is 424 g/mol. The molecule has 15 heteroatoms. The summed E-state index contributed by atoms with van der Waals surface area (Å²) >= 11 is 0. The first kappa shape index (κ1) is 27.7. The van der Waals surface area contributed by atoms with E-state index in [-0.39, 0.29) is 0 Å². The summed E-state index contributed by atoms with van der Waals surface area (Å²) in [5.41, 5.74) is 5.28. The number of carboxylic acids is 3. The van der Waals surface area contributed by atoms with Crippen molar-refractivity contribution < 1.29 is 54.3 Å². The van der Waals surface area contributed by atoms with Gasteiger partial charge in [-0.15, -0.1) is 0 Å². The minimum absolute atomic E-state index is 0.479. The summed E-state index contributed by atoms with van der Waals surface area (Å²) in [5, 5.41) is 51.3. The van der Waals surface area contributed by atoms with Crippen molar-refractivity contribution in [2.75, 3.05) is 6.61 Å². The van der Waals surface area contributed by atoms with Crippen molar-refractivity contribution in [2.24, 2.45) is 5.73 Å². The Bertz CT molecular complexity index is 697. The summed E-state index contributed by atoms with van der Waals surface area (Å²) < 4.78 is 0. The zero-order valence-electron chi connectivity index (χ0n) is 16.5. The zero-order chi connectivity index (χ0) is 24.3. The van der Waals surface area contributed by atoms with Gasteiger partial charge in [0.15, 0.2) is 0 Å². The number of carbonyl (C=O) groups is 6. The van der Waals surface area contributed by atoms with Gasteiger partial charge in [0.2, 0.25) is 17.7 Å². The van der Waals surface area contributed by atoms with Crippen molar-refractivity contribution in [3.05, 3.63) is 0 Å². The molecule has 0 aliphatic carbocycles. The van der Waals surface area contributed by atoms with E-state index >= 15 is 0 Å². The number of amides is 3. The van der Waals surface area contributed by atoms with E-state index in [0.717, 1.165) is 6.92 Å². The predicted molar refractivity (Wildman–Crippen MR) is 99.3 cm³/mol. The molecule has 3 amide bonds. The molecule has 0 radical (unpaired) electrons. The number of hydrogen-bond acceptors (Lipinski definition) is 9. The molecule has 5 unspecified atom stereocenters. The summed E-state index contributed by atoms with van der Waals surface area (Å²) in [4.78, 5) is 69.3. The van der Waals surface area contributed by atoms with Crippen LogP contribution in [0.4, 0.5) is 0 Å². The lowest BCUT2D eigenvalue weighted by Gasteiger charge is -2.25. The lowest BCUT2D eigenvalue weighted by atomic mass is 10.1. The summed E-state index contributed by atoms with van der Waals surface area (Å²) in [5.74, 6) is -7.82. The molecule has 0 aromatic rings. The van der Waals surface area contributed by atoms with Gasteiger partial charge in [-0.05, 0) is 13.3 Å². The molecule has 176 valence electrons. The fourth-order valence-corrected chi connectivity index (χ4v) is 2.19. The smallest absolute Gasteiger partial charge is 0.326 e. The number of aliphatic carboxylic acids is 3. The first-order valence-electron chi connectivity index (χ1n) is 8.92. The van der Waals surface area contributed by atoms with Gasteiger partial charge in [0.25, 0.3) is 0 Å². The van der Waals surface area contributed by atoms with Crippen molar-refractivity contribution in [1.29, 1.82) is 0 Å². The van der Waals surface area contributed by atoms with E-state index in [1.807, 2.05) is 16.0 Å². The average molecular weight is 450 g/mol. The molecule has 0 saturated heterocycles. The minimum atomic E-state index is -1.76. The summed E-state index contributed by atoms with van der Waals surface area (Å²) in [7, 11) is 0. The van der Waals surface area contributed by atoms with Crippen LogP contribution in [0.15, 0.2) is 0 Å². The van der Waals surface area contributed by atoms with Gasteiger partial charge >= 0.3 is 17.9 Å². The largest absolute Gasteiger partial charge is 0.481 e. The third-order valence-electron chi connectivity index (χ3n) is 3.87.